The number of carbonyl (C=O) groups is 1. The SMILES string of the molecule is O=C(NCCc1cccs1)c1cc([N+](=O)[O-])ccc1F. The molecule has 20 heavy (non-hydrogen) atoms. The van der Waals surface area contributed by atoms with Gasteiger partial charge in [-0.3, -0.25) is 14.9 Å². The van der Waals surface area contributed by atoms with E-state index in [2.05, 4.69) is 5.32 Å². The fourth-order valence-corrected chi connectivity index (χ4v) is 2.36. The summed E-state index contributed by atoms with van der Waals surface area (Å²) in [6, 6.07) is 6.73. The van der Waals surface area contributed by atoms with E-state index in [0.717, 1.165) is 23.1 Å². The summed E-state index contributed by atoms with van der Waals surface area (Å²) in [7, 11) is 0. The number of nitrogens with zero attached hydrogens (tertiary/aromatic N) is 1. The Labute approximate surface area is 118 Å². The van der Waals surface area contributed by atoms with Crippen LogP contribution in [0.3, 0.4) is 0 Å². The van der Waals surface area contributed by atoms with E-state index < -0.39 is 16.6 Å². The molecule has 1 aromatic heterocycles. The lowest BCUT2D eigenvalue weighted by molar-refractivity contribution is -0.384. The van der Waals surface area contributed by atoms with Crippen molar-refractivity contribution in [3.8, 4) is 0 Å². The summed E-state index contributed by atoms with van der Waals surface area (Å²) in [5.74, 6) is -1.42. The molecule has 2 rings (SSSR count). The third-order valence-electron chi connectivity index (χ3n) is 2.64. The topological polar surface area (TPSA) is 72.2 Å². The van der Waals surface area contributed by atoms with Crippen molar-refractivity contribution >= 4 is 22.9 Å². The lowest BCUT2D eigenvalue weighted by atomic mass is 10.1. The molecule has 2 aromatic rings. The molecular formula is C13H11FN2O3S. The van der Waals surface area contributed by atoms with Gasteiger partial charge in [0.05, 0.1) is 10.5 Å². The van der Waals surface area contributed by atoms with E-state index >= 15 is 0 Å². The minimum atomic E-state index is -0.774. The Bertz CT molecular complexity index is 629. The summed E-state index contributed by atoms with van der Waals surface area (Å²) in [5, 5.41) is 15.1. The second-order valence-electron chi connectivity index (χ2n) is 4.01. The van der Waals surface area contributed by atoms with Crippen molar-refractivity contribution in [3.05, 3.63) is 62.1 Å². The molecule has 0 aliphatic heterocycles. The highest BCUT2D eigenvalue weighted by Crippen LogP contribution is 2.16. The van der Waals surface area contributed by atoms with Crippen LogP contribution in [0.15, 0.2) is 35.7 Å². The predicted octanol–water partition coefficient (Wildman–Crippen LogP) is 2.77. The number of nitro benzene ring substituents is 1. The quantitative estimate of drug-likeness (QED) is 0.680. The van der Waals surface area contributed by atoms with Crippen molar-refractivity contribution < 1.29 is 14.1 Å². The van der Waals surface area contributed by atoms with Gasteiger partial charge in [0, 0.05) is 23.6 Å². The first-order valence-electron chi connectivity index (χ1n) is 5.82. The number of non-ortho nitro benzene ring substituents is 1. The van der Waals surface area contributed by atoms with Crippen molar-refractivity contribution in [1.82, 2.24) is 5.32 Å². The summed E-state index contributed by atoms with van der Waals surface area (Å²) >= 11 is 1.57. The molecular weight excluding hydrogens is 283 g/mol. The Hall–Kier alpha value is -2.28. The largest absolute Gasteiger partial charge is 0.352 e. The van der Waals surface area contributed by atoms with Gasteiger partial charge < -0.3 is 5.32 Å². The predicted molar refractivity (Wildman–Crippen MR) is 73.4 cm³/mol. The summed E-state index contributed by atoms with van der Waals surface area (Å²) in [5.41, 5.74) is -0.625. The number of amides is 1. The summed E-state index contributed by atoms with van der Waals surface area (Å²) < 4.78 is 13.5. The van der Waals surface area contributed by atoms with Crippen molar-refractivity contribution in [2.45, 2.75) is 6.42 Å². The molecule has 0 bridgehead atoms. The molecule has 5 nitrogen and oxygen atoms in total. The standard InChI is InChI=1S/C13H11FN2O3S/c14-12-4-3-9(16(18)19)8-11(12)13(17)15-6-5-10-2-1-7-20-10/h1-4,7-8H,5-6H2,(H,15,17). The molecule has 1 heterocycles. The van der Waals surface area contributed by atoms with Crippen LogP contribution in [0.2, 0.25) is 0 Å². The Morgan fingerprint density at radius 1 is 1.40 bits per heavy atom. The van der Waals surface area contributed by atoms with E-state index in [0.29, 0.717) is 13.0 Å². The average molecular weight is 294 g/mol. The fourth-order valence-electron chi connectivity index (χ4n) is 1.65. The van der Waals surface area contributed by atoms with Gasteiger partial charge >= 0.3 is 0 Å². The lowest BCUT2D eigenvalue weighted by Crippen LogP contribution is -2.26. The zero-order chi connectivity index (χ0) is 14.5. The van der Waals surface area contributed by atoms with Gasteiger partial charge in [-0.25, -0.2) is 4.39 Å². The molecule has 1 amide bonds. The van der Waals surface area contributed by atoms with Crippen LogP contribution < -0.4 is 5.32 Å². The van der Waals surface area contributed by atoms with E-state index in [1.807, 2.05) is 17.5 Å². The van der Waals surface area contributed by atoms with Crippen molar-refractivity contribution in [2.75, 3.05) is 6.54 Å². The third kappa shape index (κ3) is 3.39. The number of hydrogen-bond acceptors (Lipinski definition) is 4. The van der Waals surface area contributed by atoms with E-state index in [1.54, 1.807) is 11.3 Å². The molecule has 1 aromatic carbocycles. The number of thiophene rings is 1. The molecule has 0 aliphatic carbocycles. The first kappa shape index (κ1) is 14.1. The maximum absolute atomic E-state index is 13.5. The first-order valence-corrected chi connectivity index (χ1v) is 6.70. The smallest absolute Gasteiger partial charge is 0.270 e. The Morgan fingerprint density at radius 3 is 2.85 bits per heavy atom. The van der Waals surface area contributed by atoms with Crippen LogP contribution in [-0.4, -0.2) is 17.4 Å². The van der Waals surface area contributed by atoms with Gasteiger partial charge in [0.15, 0.2) is 0 Å². The number of rotatable bonds is 5. The van der Waals surface area contributed by atoms with Crippen LogP contribution in [0.25, 0.3) is 0 Å². The molecule has 104 valence electrons. The number of hydrogen-bond donors (Lipinski definition) is 1. The molecule has 0 radical (unpaired) electrons. The van der Waals surface area contributed by atoms with Gasteiger partial charge in [-0.05, 0) is 23.9 Å². The Balaban J connectivity index is 2.01. The molecule has 1 N–H and O–H groups in total. The van der Waals surface area contributed by atoms with Crippen LogP contribution >= 0.6 is 11.3 Å². The van der Waals surface area contributed by atoms with Gasteiger partial charge in [-0.2, -0.15) is 0 Å². The van der Waals surface area contributed by atoms with Crippen molar-refractivity contribution in [2.24, 2.45) is 0 Å². The Kier molecular flexibility index (Phi) is 4.41. The number of halogens is 1. The van der Waals surface area contributed by atoms with Crippen LogP contribution in [-0.2, 0) is 6.42 Å². The first-order chi connectivity index (χ1) is 9.58. The average Bonchev–Trinajstić information content (AvgIpc) is 2.92. The van der Waals surface area contributed by atoms with E-state index in [1.165, 1.54) is 0 Å². The van der Waals surface area contributed by atoms with E-state index in [-0.39, 0.29) is 11.3 Å². The van der Waals surface area contributed by atoms with Crippen LogP contribution in [0, 0.1) is 15.9 Å². The zero-order valence-electron chi connectivity index (χ0n) is 10.3. The second kappa shape index (κ2) is 6.25. The van der Waals surface area contributed by atoms with Crippen molar-refractivity contribution in [3.63, 3.8) is 0 Å². The Morgan fingerprint density at radius 2 is 2.20 bits per heavy atom. The summed E-state index contributed by atoms with van der Waals surface area (Å²) in [6.07, 6.45) is 0.639. The van der Waals surface area contributed by atoms with Crippen molar-refractivity contribution in [1.29, 1.82) is 0 Å². The minimum absolute atomic E-state index is 0.310. The molecule has 0 unspecified atom stereocenters. The third-order valence-corrected chi connectivity index (χ3v) is 3.58. The van der Waals surface area contributed by atoms with Crippen LogP contribution in [0.1, 0.15) is 15.2 Å². The lowest BCUT2D eigenvalue weighted by Gasteiger charge is -2.05. The highest BCUT2D eigenvalue weighted by molar-refractivity contribution is 7.09. The summed E-state index contributed by atoms with van der Waals surface area (Å²) in [4.78, 5) is 22.8. The van der Waals surface area contributed by atoms with Gasteiger partial charge in [0.2, 0.25) is 0 Å². The number of carbonyl (C=O) groups excluding carboxylic acids is 1. The molecule has 0 saturated heterocycles. The minimum Gasteiger partial charge on any atom is -0.352 e. The normalized spacial score (nSPS) is 10.2. The van der Waals surface area contributed by atoms with Gasteiger partial charge in [-0.15, -0.1) is 11.3 Å². The molecule has 0 fully saturated rings. The molecule has 0 aliphatic rings. The maximum Gasteiger partial charge on any atom is 0.270 e. The second-order valence-corrected chi connectivity index (χ2v) is 5.04. The van der Waals surface area contributed by atoms with Gasteiger partial charge in [0.25, 0.3) is 11.6 Å². The fraction of sp³-hybridized carbons (Fsp3) is 0.154. The van der Waals surface area contributed by atoms with Crippen LogP contribution in [0.4, 0.5) is 10.1 Å². The highest BCUT2D eigenvalue weighted by atomic mass is 32.1. The maximum atomic E-state index is 13.5. The highest BCUT2D eigenvalue weighted by Gasteiger charge is 2.16. The van der Waals surface area contributed by atoms with E-state index in [9.17, 15) is 19.3 Å². The summed E-state index contributed by atoms with van der Waals surface area (Å²) in [6.45, 7) is 0.349. The molecule has 0 saturated carbocycles. The van der Waals surface area contributed by atoms with Crippen LogP contribution in [0.5, 0.6) is 0 Å². The molecule has 0 atom stereocenters. The number of nitro groups is 1. The zero-order valence-corrected chi connectivity index (χ0v) is 11.2. The number of benzene rings is 1. The molecule has 7 heteroatoms. The van der Waals surface area contributed by atoms with E-state index in [4.69, 9.17) is 0 Å². The number of nitrogens with one attached hydrogen (secondary N) is 1. The monoisotopic (exact) mass is 294 g/mol. The van der Waals surface area contributed by atoms with Gasteiger partial charge in [-0.1, -0.05) is 6.07 Å². The van der Waals surface area contributed by atoms with Gasteiger partial charge in [0.1, 0.15) is 5.82 Å². The molecule has 0 spiro atoms.